The quantitative estimate of drug-likeness (QED) is 0.787. The van der Waals surface area contributed by atoms with Crippen LogP contribution in [0.4, 0.5) is 4.79 Å². The lowest BCUT2D eigenvalue weighted by Crippen LogP contribution is -2.53. The third-order valence-electron chi connectivity index (χ3n) is 4.39. The lowest BCUT2D eigenvalue weighted by atomic mass is 10.00. The molecule has 5 nitrogen and oxygen atoms in total. The number of carbonyl (C=O) groups is 1. The van der Waals surface area contributed by atoms with Gasteiger partial charge in [0.05, 0.1) is 0 Å². The molecule has 0 aromatic heterocycles. The molecule has 2 fully saturated rings. The van der Waals surface area contributed by atoms with Crippen LogP contribution in [0.25, 0.3) is 0 Å². The molecule has 0 aromatic carbocycles. The molecule has 5 heteroatoms. The highest BCUT2D eigenvalue weighted by atomic mass is 16.6. The second kappa shape index (κ2) is 8.16. The van der Waals surface area contributed by atoms with E-state index in [4.69, 9.17) is 9.47 Å². The summed E-state index contributed by atoms with van der Waals surface area (Å²) >= 11 is 0. The first-order chi connectivity index (χ1) is 10.4. The van der Waals surface area contributed by atoms with Gasteiger partial charge in [-0.2, -0.15) is 0 Å². The number of rotatable bonds is 3. The summed E-state index contributed by atoms with van der Waals surface area (Å²) in [6.07, 6.45) is 7.64. The van der Waals surface area contributed by atoms with E-state index in [1.54, 1.807) is 0 Å². The zero-order chi connectivity index (χ0) is 16.0. The summed E-state index contributed by atoms with van der Waals surface area (Å²) in [6, 6.07) is 1.03. The van der Waals surface area contributed by atoms with Gasteiger partial charge in [-0.1, -0.05) is 19.3 Å². The maximum absolute atomic E-state index is 12.1. The van der Waals surface area contributed by atoms with Crippen LogP contribution in [0.15, 0.2) is 0 Å². The van der Waals surface area contributed by atoms with E-state index in [0.29, 0.717) is 12.1 Å². The van der Waals surface area contributed by atoms with E-state index in [1.807, 2.05) is 20.8 Å². The minimum absolute atomic E-state index is 0.167. The number of hydrogen-bond donors (Lipinski definition) is 2. The van der Waals surface area contributed by atoms with Gasteiger partial charge in [0.25, 0.3) is 0 Å². The van der Waals surface area contributed by atoms with Crippen LogP contribution in [-0.4, -0.2) is 43.0 Å². The first kappa shape index (κ1) is 17.5. The molecule has 128 valence electrons. The van der Waals surface area contributed by atoms with Crippen LogP contribution in [0.5, 0.6) is 0 Å². The van der Waals surface area contributed by atoms with E-state index >= 15 is 0 Å². The second-order valence-electron chi connectivity index (χ2n) is 7.55. The van der Waals surface area contributed by atoms with Crippen molar-refractivity contribution in [2.24, 2.45) is 0 Å². The Hall–Kier alpha value is -0.810. The van der Waals surface area contributed by atoms with Crippen LogP contribution in [-0.2, 0) is 9.47 Å². The van der Waals surface area contributed by atoms with Gasteiger partial charge in [-0.3, -0.25) is 0 Å². The van der Waals surface area contributed by atoms with Gasteiger partial charge < -0.3 is 20.1 Å². The maximum atomic E-state index is 12.1. The van der Waals surface area contributed by atoms with Gasteiger partial charge in [0.2, 0.25) is 0 Å². The average molecular weight is 312 g/mol. The van der Waals surface area contributed by atoms with Crippen molar-refractivity contribution in [1.29, 1.82) is 0 Å². The Kier molecular flexibility index (Phi) is 6.50. The summed E-state index contributed by atoms with van der Waals surface area (Å²) in [6.45, 7) is 7.38. The first-order valence-corrected chi connectivity index (χ1v) is 8.77. The van der Waals surface area contributed by atoms with E-state index in [-0.39, 0.29) is 12.1 Å². The third kappa shape index (κ3) is 6.13. The number of carbonyl (C=O) groups excluding carboxylic acids is 1. The molecule has 1 saturated heterocycles. The number of amides is 1. The smallest absolute Gasteiger partial charge is 0.407 e. The van der Waals surface area contributed by atoms with E-state index in [9.17, 15) is 4.79 Å². The molecule has 1 aliphatic carbocycles. The van der Waals surface area contributed by atoms with Crippen molar-refractivity contribution < 1.29 is 14.3 Å². The van der Waals surface area contributed by atoms with E-state index in [1.165, 1.54) is 19.3 Å². The number of ether oxygens (including phenoxy) is 2. The Morgan fingerprint density at radius 3 is 2.27 bits per heavy atom. The number of nitrogens with one attached hydrogen (secondary N) is 2. The number of alkyl carbamates (subject to hydrolysis) is 1. The Balaban J connectivity index is 1.90. The fourth-order valence-electron chi connectivity index (χ4n) is 3.31. The van der Waals surface area contributed by atoms with Crippen LogP contribution < -0.4 is 10.6 Å². The van der Waals surface area contributed by atoms with Crippen LogP contribution in [0.2, 0.25) is 0 Å². The van der Waals surface area contributed by atoms with Crippen molar-refractivity contribution in [3.05, 3.63) is 0 Å². The standard InChI is InChI=1S/C17H32N2O3/c1-17(2,3)22-16(20)19-15-8-6-4-5-7-14(15)18-13-9-11-21-12-10-13/h13-15,18H,4-12H2,1-3H3,(H,19,20). The largest absolute Gasteiger partial charge is 0.444 e. The molecule has 0 aromatic rings. The average Bonchev–Trinajstić information content (AvgIpc) is 2.64. The molecule has 2 atom stereocenters. The molecule has 22 heavy (non-hydrogen) atoms. The molecule has 1 aliphatic heterocycles. The topological polar surface area (TPSA) is 59.6 Å². The molecule has 0 spiro atoms. The van der Waals surface area contributed by atoms with Crippen LogP contribution in [0, 0.1) is 0 Å². The van der Waals surface area contributed by atoms with E-state index in [0.717, 1.165) is 38.9 Å². The summed E-state index contributed by atoms with van der Waals surface area (Å²) in [7, 11) is 0. The van der Waals surface area contributed by atoms with Crippen LogP contribution in [0.1, 0.15) is 65.7 Å². The summed E-state index contributed by atoms with van der Waals surface area (Å²) in [5.41, 5.74) is -0.446. The molecule has 2 aliphatic rings. The molecule has 1 saturated carbocycles. The highest BCUT2D eigenvalue weighted by Gasteiger charge is 2.29. The SMILES string of the molecule is CC(C)(C)OC(=O)NC1CCCCCC1NC1CCOCC1. The van der Waals surface area contributed by atoms with Gasteiger partial charge in [0, 0.05) is 31.3 Å². The minimum atomic E-state index is -0.446. The Labute approximate surface area is 134 Å². The van der Waals surface area contributed by atoms with Crippen molar-refractivity contribution in [2.45, 2.75) is 89.4 Å². The van der Waals surface area contributed by atoms with Gasteiger partial charge in [0.1, 0.15) is 5.60 Å². The normalized spacial score (nSPS) is 28.0. The minimum Gasteiger partial charge on any atom is -0.444 e. The van der Waals surface area contributed by atoms with Crippen molar-refractivity contribution in [1.82, 2.24) is 10.6 Å². The molecule has 0 bridgehead atoms. The lowest BCUT2D eigenvalue weighted by Gasteiger charge is -2.33. The van der Waals surface area contributed by atoms with Crippen LogP contribution in [0.3, 0.4) is 0 Å². The summed E-state index contributed by atoms with van der Waals surface area (Å²) in [4.78, 5) is 12.1. The molecule has 1 heterocycles. The van der Waals surface area contributed by atoms with Crippen molar-refractivity contribution in [2.75, 3.05) is 13.2 Å². The maximum Gasteiger partial charge on any atom is 0.407 e. The zero-order valence-electron chi connectivity index (χ0n) is 14.3. The predicted molar refractivity (Wildman–Crippen MR) is 87.0 cm³/mol. The zero-order valence-corrected chi connectivity index (χ0v) is 14.3. The van der Waals surface area contributed by atoms with Crippen molar-refractivity contribution in [3.8, 4) is 0 Å². The van der Waals surface area contributed by atoms with Gasteiger partial charge in [-0.05, 0) is 46.5 Å². The number of hydrogen-bond acceptors (Lipinski definition) is 4. The van der Waals surface area contributed by atoms with Crippen LogP contribution >= 0.6 is 0 Å². The van der Waals surface area contributed by atoms with E-state index in [2.05, 4.69) is 10.6 Å². The third-order valence-corrected chi connectivity index (χ3v) is 4.39. The Morgan fingerprint density at radius 1 is 1.00 bits per heavy atom. The molecular weight excluding hydrogens is 280 g/mol. The summed E-state index contributed by atoms with van der Waals surface area (Å²) in [5.74, 6) is 0. The molecular formula is C17H32N2O3. The molecule has 2 unspecified atom stereocenters. The first-order valence-electron chi connectivity index (χ1n) is 8.77. The van der Waals surface area contributed by atoms with Crippen molar-refractivity contribution in [3.63, 3.8) is 0 Å². The fraction of sp³-hybridized carbons (Fsp3) is 0.941. The summed E-state index contributed by atoms with van der Waals surface area (Å²) in [5, 5.41) is 6.87. The monoisotopic (exact) mass is 312 g/mol. The van der Waals surface area contributed by atoms with Gasteiger partial charge in [-0.15, -0.1) is 0 Å². The molecule has 2 N–H and O–H groups in total. The van der Waals surface area contributed by atoms with Gasteiger partial charge >= 0.3 is 6.09 Å². The molecule has 2 rings (SSSR count). The molecule has 1 amide bonds. The van der Waals surface area contributed by atoms with Crippen molar-refractivity contribution >= 4 is 6.09 Å². The Bertz CT molecular complexity index is 348. The summed E-state index contributed by atoms with van der Waals surface area (Å²) < 4.78 is 10.9. The van der Waals surface area contributed by atoms with E-state index < -0.39 is 5.60 Å². The van der Waals surface area contributed by atoms with Gasteiger partial charge in [-0.25, -0.2) is 4.79 Å². The Morgan fingerprint density at radius 2 is 1.64 bits per heavy atom. The van der Waals surface area contributed by atoms with Gasteiger partial charge in [0.15, 0.2) is 0 Å². The highest BCUT2D eigenvalue weighted by Crippen LogP contribution is 2.21. The second-order valence-corrected chi connectivity index (χ2v) is 7.55. The predicted octanol–water partition coefficient (Wildman–Crippen LogP) is 2.98. The fourth-order valence-corrected chi connectivity index (χ4v) is 3.31. The highest BCUT2D eigenvalue weighted by molar-refractivity contribution is 5.68. The lowest BCUT2D eigenvalue weighted by molar-refractivity contribution is 0.0472. The molecule has 0 radical (unpaired) electrons.